The molecule has 0 fully saturated rings. The van der Waals surface area contributed by atoms with Gasteiger partial charge >= 0.3 is 0 Å². The Bertz CT molecular complexity index is 1180. The minimum absolute atomic E-state index is 0.0242. The summed E-state index contributed by atoms with van der Waals surface area (Å²) in [5, 5.41) is 18.3. The molecule has 3 rings (SSSR count). The molecule has 1 aliphatic carbocycles. The van der Waals surface area contributed by atoms with Crippen LogP contribution in [-0.2, 0) is 14.8 Å². The van der Waals surface area contributed by atoms with Gasteiger partial charge in [0.05, 0.1) is 17.7 Å². The number of methoxy groups -OCH3 is 1. The van der Waals surface area contributed by atoms with Gasteiger partial charge in [-0.3, -0.25) is 4.31 Å². The van der Waals surface area contributed by atoms with Gasteiger partial charge in [-0.25, -0.2) is 17.2 Å². The van der Waals surface area contributed by atoms with Crippen LogP contribution in [0.4, 0.5) is 14.5 Å². The second-order valence-corrected chi connectivity index (χ2v) is 10.2. The Morgan fingerprint density at radius 2 is 2.00 bits per heavy atom. The van der Waals surface area contributed by atoms with E-state index in [1.54, 1.807) is 18.2 Å². The van der Waals surface area contributed by atoms with Crippen LogP contribution in [-0.4, -0.2) is 45.3 Å². The van der Waals surface area contributed by atoms with Crippen molar-refractivity contribution in [3.63, 3.8) is 0 Å². The largest absolute Gasteiger partial charge is 0.498 e. The quantitative estimate of drug-likeness (QED) is 0.503. The topological polar surface area (TPSA) is 87.1 Å². The van der Waals surface area contributed by atoms with E-state index < -0.39 is 28.3 Å². The third kappa shape index (κ3) is 5.65. The zero-order chi connectivity index (χ0) is 25.0. The summed E-state index contributed by atoms with van der Waals surface area (Å²) in [4.78, 5) is 0.0242. The van der Waals surface area contributed by atoms with Gasteiger partial charge in [-0.15, -0.1) is 0 Å². The number of hydrogen-bond donors (Lipinski definition) is 2. The first-order valence-corrected chi connectivity index (χ1v) is 12.3. The summed E-state index contributed by atoms with van der Waals surface area (Å²) in [6.45, 7) is 3.87. The molecule has 184 valence electrons. The van der Waals surface area contributed by atoms with Crippen molar-refractivity contribution in [2.45, 2.75) is 49.0 Å². The molecule has 2 atom stereocenters. The Kier molecular flexibility index (Phi) is 8.12. The lowest BCUT2D eigenvalue weighted by atomic mass is 9.86. The fourth-order valence-electron chi connectivity index (χ4n) is 4.05. The third-order valence-electron chi connectivity index (χ3n) is 6.01. The molecule has 0 heterocycles. The third-order valence-corrected chi connectivity index (χ3v) is 7.78. The molecule has 0 radical (unpaired) electrons. The number of ether oxygens (including phenoxy) is 1. The summed E-state index contributed by atoms with van der Waals surface area (Å²) in [6, 6.07) is 10.1. The maximum atomic E-state index is 14.3. The summed E-state index contributed by atoms with van der Waals surface area (Å²) in [5.74, 6) is -0.475. The van der Waals surface area contributed by atoms with Crippen LogP contribution in [0.25, 0.3) is 5.57 Å². The molecule has 2 unspecified atom stereocenters. The molecule has 2 aromatic rings. The van der Waals surface area contributed by atoms with E-state index in [1.165, 1.54) is 38.4 Å². The minimum atomic E-state index is -4.05. The highest BCUT2D eigenvalue weighted by Crippen LogP contribution is 2.36. The second kappa shape index (κ2) is 10.7. The fraction of sp³-hybridized carbons (Fsp3) is 0.360. The Morgan fingerprint density at radius 1 is 1.26 bits per heavy atom. The highest BCUT2D eigenvalue weighted by Gasteiger charge is 2.28. The van der Waals surface area contributed by atoms with Crippen LogP contribution in [0.2, 0.25) is 0 Å². The minimum Gasteiger partial charge on any atom is -0.498 e. The molecule has 34 heavy (non-hydrogen) atoms. The van der Waals surface area contributed by atoms with E-state index in [1.807, 2.05) is 0 Å². The van der Waals surface area contributed by atoms with E-state index in [2.05, 4.69) is 6.58 Å². The monoisotopic (exact) mass is 493 g/mol. The van der Waals surface area contributed by atoms with Gasteiger partial charge in [0.25, 0.3) is 10.0 Å². The Labute approximate surface area is 198 Å². The maximum absolute atomic E-state index is 14.3. The lowest BCUT2D eigenvalue weighted by molar-refractivity contribution is -0.0438. The number of allylic oxidation sites excluding steroid dienone is 3. The van der Waals surface area contributed by atoms with Crippen molar-refractivity contribution in [3.05, 3.63) is 77.8 Å². The normalized spacial score (nSPS) is 18.5. The average Bonchev–Trinajstić information content (AvgIpc) is 2.82. The molecule has 0 aliphatic heterocycles. The fourth-order valence-corrected chi connectivity index (χ4v) is 5.32. The number of aliphatic hydroxyl groups excluding tert-OH is 1. The Balaban J connectivity index is 1.92. The van der Waals surface area contributed by atoms with Gasteiger partial charge in [0.2, 0.25) is 0 Å². The van der Waals surface area contributed by atoms with Crippen LogP contribution in [0.5, 0.6) is 0 Å². The number of rotatable bonds is 9. The standard InChI is InChI=1S/C25H29F2NO5S/c1-16(7-12-25(29)30)21-15-19(26)9-10-23(21)28(2)34(31,32)20-6-4-5-17(13-20)18-8-11-24(33-3)22(27)14-18/h4-6,9-11,13,15,18,22,25,29-30H,1,7-8,12,14H2,2-3H3. The highest BCUT2D eigenvalue weighted by atomic mass is 32.2. The molecular formula is C25H29F2NO5S. The van der Waals surface area contributed by atoms with Crippen molar-refractivity contribution in [1.82, 2.24) is 0 Å². The molecule has 1 aliphatic rings. The zero-order valence-electron chi connectivity index (χ0n) is 19.1. The smallest absolute Gasteiger partial charge is 0.264 e. The van der Waals surface area contributed by atoms with E-state index in [4.69, 9.17) is 14.9 Å². The molecule has 0 aromatic heterocycles. The first-order valence-electron chi connectivity index (χ1n) is 10.9. The maximum Gasteiger partial charge on any atom is 0.264 e. The summed E-state index contributed by atoms with van der Waals surface area (Å²) < 4.78 is 61.4. The number of halogens is 2. The van der Waals surface area contributed by atoms with Crippen molar-refractivity contribution in [2.24, 2.45) is 0 Å². The van der Waals surface area contributed by atoms with Crippen LogP contribution in [0.15, 0.2) is 65.8 Å². The number of sulfonamides is 1. The van der Waals surface area contributed by atoms with E-state index in [0.717, 1.165) is 10.4 Å². The molecular weight excluding hydrogens is 464 g/mol. The van der Waals surface area contributed by atoms with Gasteiger partial charge in [-0.2, -0.15) is 0 Å². The van der Waals surface area contributed by atoms with Crippen molar-refractivity contribution in [1.29, 1.82) is 0 Å². The first-order chi connectivity index (χ1) is 16.0. The van der Waals surface area contributed by atoms with Crippen molar-refractivity contribution in [2.75, 3.05) is 18.5 Å². The molecule has 6 nitrogen and oxygen atoms in total. The highest BCUT2D eigenvalue weighted by molar-refractivity contribution is 7.92. The number of aliphatic hydroxyl groups is 2. The SMILES string of the molecule is C=C(CCC(O)O)c1cc(F)ccc1N(C)S(=O)(=O)c1cccc(C2CC=C(OC)C(F)C2)c1. The van der Waals surface area contributed by atoms with Crippen molar-refractivity contribution >= 4 is 21.3 Å². The van der Waals surface area contributed by atoms with Gasteiger partial charge < -0.3 is 14.9 Å². The molecule has 0 saturated heterocycles. The molecule has 0 spiro atoms. The molecule has 9 heteroatoms. The predicted molar refractivity (Wildman–Crippen MR) is 127 cm³/mol. The van der Waals surface area contributed by atoms with Crippen LogP contribution in [0, 0.1) is 5.82 Å². The van der Waals surface area contributed by atoms with Crippen molar-refractivity contribution in [3.8, 4) is 0 Å². The predicted octanol–water partition coefficient (Wildman–Crippen LogP) is 4.50. The number of benzene rings is 2. The Morgan fingerprint density at radius 3 is 2.65 bits per heavy atom. The second-order valence-electron chi connectivity index (χ2n) is 8.28. The summed E-state index contributed by atoms with van der Waals surface area (Å²) in [7, 11) is -1.26. The van der Waals surface area contributed by atoms with Gasteiger partial charge in [0.1, 0.15) is 11.6 Å². The van der Waals surface area contributed by atoms with Gasteiger partial charge in [-0.05, 0) is 72.7 Å². The van der Waals surface area contributed by atoms with E-state index in [-0.39, 0.29) is 47.1 Å². The van der Waals surface area contributed by atoms with E-state index in [0.29, 0.717) is 17.6 Å². The first kappa shape index (κ1) is 25.9. The number of nitrogens with zero attached hydrogens (tertiary/aromatic N) is 1. The van der Waals surface area contributed by atoms with Crippen LogP contribution >= 0.6 is 0 Å². The summed E-state index contributed by atoms with van der Waals surface area (Å²) >= 11 is 0. The summed E-state index contributed by atoms with van der Waals surface area (Å²) in [5.41, 5.74) is 1.53. The number of hydrogen-bond acceptors (Lipinski definition) is 5. The van der Waals surface area contributed by atoms with Crippen LogP contribution < -0.4 is 4.31 Å². The molecule has 0 saturated carbocycles. The summed E-state index contributed by atoms with van der Waals surface area (Å²) in [6.07, 6.45) is -0.289. The molecule has 0 amide bonds. The average molecular weight is 494 g/mol. The van der Waals surface area contributed by atoms with Gasteiger partial charge in [0.15, 0.2) is 12.5 Å². The van der Waals surface area contributed by atoms with Gasteiger partial charge in [0, 0.05) is 19.0 Å². The van der Waals surface area contributed by atoms with Crippen molar-refractivity contribution < 1.29 is 32.1 Å². The van der Waals surface area contributed by atoms with Gasteiger partial charge in [-0.1, -0.05) is 18.7 Å². The molecule has 0 bridgehead atoms. The van der Waals surface area contributed by atoms with Crippen LogP contribution in [0.3, 0.4) is 0 Å². The molecule has 2 aromatic carbocycles. The number of alkyl halides is 1. The lowest BCUT2D eigenvalue weighted by Crippen LogP contribution is -2.28. The Hall–Kier alpha value is -2.75. The van der Waals surface area contributed by atoms with E-state index in [9.17, 15) is 17.2 Å². The zero-order valence-corrected chi connectivity index (χ0v) is 19.9. The van der Waals surface area contributed by atoms with E-state index >= 15 is 0 Å². The number of anilines is 1. The molecule has 2 N–H and O–H groups in total. The van der Waals surface area contributed by atoms with Crippen LogP contribution in [0.1, 0.15) is 42.7 Å². The lowest BCUT2D eigenvalue weighted by Gasteiger charge is -2.26.